The molecule has 1 N–H and O–H groups in total. The third kappa shape index (κ3) is 3.21. The van der Waals surface area contributed by atoms with E-state index in [1.807, 2.05) is 24.3 Å². The fourth-order valence-corrected chi connectivity index (χ4v) is 4.82. The van der Waals surface area contributed by atoms with Gasteiger partial charge in [-0.3, -0.25) is 9.59 Å². The summed E-state index contributed by atoms with van der Waals surface area (Å²) in [6.45, 7) is 2.99. The molecule has 2 aromatic rings. The van der Waals surface area contributed by atoms with Crippen LogP contribution in [0.3, 0.4) is 0 Å². The molecule has 2 amide bonds. The van der Waals surface area contributed by atoms with Crippen LogP contribution in [0.1, 0.15) is 46.3 Å². The number of carbonyl (C=O) groups excluding carboxylic acids is 2. The van der Waals surface area contributed by atoms with Crippen molar-refractivity contribution in [1.29, 1.82) is 0 Å². The van der Waals surface area contributed by atoms with Gasteiger partial charge < -0.3 is 10.2 Å². The minimum Gasteiger partial charge on any atom is -0.319 e. The maximum Gasteiger partial charge on any atom is 0.265 e. The van der Waals surface area contributed by atoms with Crippen molar-refractivity contribution in [3.05, 3.63) is 45.6 Å². The van der Waals surface area contributed by atoms with Crippen LogP contribution in [0, 0.1) is 5.92 Å². The van der Waals surface area contributed by atoms with Crippen molar-refractivity contribution in [3.8, 4) is 0 Å². The summed E-state index contributed by atoms with van der Waals surface area (Å²) in [5, 5.41) is 3.02. The second-order valence-corrected chi connectivity index (χ2v) is 8.16. The lowest BCUT2D eigenvalue weighted by molar-refractivity contribution is -0.117. The van der Waals surface area contributed by atoms with E-state index in [4.69, 9.17) is 0 Å². The number of aryl methyl sites for hydroxylation is 1. The van der Waals surface area contributed by atoms with Gasteiger partial charge in [-0.25, -0.2) is 0 Å². The lowest BCUT2D eigenvalue weighted by Crippen LogP contribution is -2.25. The van der Waals surface area contributed by atoms with E-state index >= 15 is 0 Å². The molecule has 0 spiro atoms. The molecule has 1 atom stereocenters. The van der Waals surface area contributed by atoms with Gasteiger partial charge in [-0.05, 0) is 55.4 Å². The Balaban J connectivity index is 1.57. The number of para-hydroxylation sites is 2. The number of benzene rings is 1. The van der Waals surface area contributed by atoms with E-state index in [9.17, 15) is 9.59 Å². The zero-order chi connectivity index (χ0) is 17.4. The van der Waals surface area contributed by atoms with Gasteiger partial charge in [0.1, 0.15) is 0 Å². The van der Waals surface area contributed by atoms with Crippen molar-refractivity contribution >= 4 is 34.5 Å². The molecule has 4 rings (SSSR count). The highest BCUT2D eigenvalue weighted by Crippen LogP contribution is 2.34. The van der Waals surface area contributed by atoms with Gasteiger partial charge in [-0.15, -0.1) is 11.3 Å². The predicted molar refractivity (Wildman–Crippen MR) is 101 cm³/mol. The number of hydrogen-bond acceptors (Lipinski definition) is 3. The summed E-state index contributed by atoms with van der Waals surface area (Å²) >= 11 is 1.61. The van der Waals surface area contributed by atoms with Crippen LogP contribution >= 0.6 is 11.3 Å². The number of hydrogen-bond donors (Lipinski definition) is 1. The number of amides is 2. The second kappa shape index (κ2) is 6.64. The van der Waals surface area contributed by atoms with E-state index in [-0.39, 0.29) is 11.8 Å². The summed E-state index contributed by atoms with van der Waals surface area (Å²) in [5.41, 5.74) is 2.84. The molecule has 5 heteroatoms. The molecule has 1 aromatic heterocycles. The van der Waals surface area contributed by atoms with Crippen LogP contribution in [0.4, 0.5) is 11.4 Å². The summed E-state index contributed by atoms with van der Waals surface area (Å²) in [6.07, 6.45) is 4.80. The van der Waals surface area contributed by atoms with Crippen molar-refractivity contribution in [2.45, 2.75) is 39.0 Å². The summed E-state index contributed by atoms with van der Waals surface area (Å²) in [7, 11) is 0. The molecule has 2 aliphatic rings. The van der Waals surface area contributed by atoms with Crippen molar-refractivity contribution in [2.75, 3.05) is 16.8 Å². The Morgan fingerprint density at radius 3 is 2.92 bits per heavy atom. The highest BCUT2D eigenvalue weighted by Gasteiger charge is 2.25. The molecule has 130 valence electrons. The number of rotatable bonds is 3. The van der Waals surface area contributed by atoms with E-state index in [1.54, 1.807) is 16.2 Å². The van der Waals surface area contributed by atoms with Gasteiger partial charge in [0.25, 0.3) is 5.91 Å². The topological polar surface area (TPSA) is 49.4 Å². The van der Waals surface area contributed by atoms with Gasteiger partial charge >= 0.3 is 0 Å². The summed E-state index contributed by atoms with van der Waals surface area (Å²) in [6, 6.07) is 9.62. The first-order chi connectivity index (χ1) is 12.1. The summed E-state index contributed by atoms with van der Waals surface area (Å²) < 4.78 is 0. The van der Waals surface area contributed by atoms with Crippen LogP contribution in [-0.4, -0.2) is 18.4 Å². The van der Waals surface area contributed by atoms with Crippen LogP contribution in [0.5, 0.6) is 0 Å². The van der Waals surface area contributed by atoms with Crippen molar-refractivity contribution in [3.63, 3.8) is 0 Å². The smallest absolute Gasteiger partial charge is 0.265 e. The van der Waals surface area contributed by atoms with E-state index in [2.05, 4.69) is 18.3 Å². The van der Waals surface area contributed by atoms with Crippen molar-refractivity contribution < 1.29 is 9.59 Å². The molecular formula is C20H22N2O2S. The molecule has 1 aromatic carbocycles. The number of nitrogens with one attached hydrogen (secondary N) is 1. The van der Waals surface area contributed by atoms with Crippen LogP contribution in [0.15, 0.2) is 30.3 Å². The normalized spacial score (nSPS) is 19.8. The molecule has 1 unspecified atom stereocenters. The maximum atomic E-state index is 12.8. The number of carbonyl (C=O) groups is 2. The largest absolute Gasteiger partial charge is 0.319 e. The van der Waals surface area contributed by atoms with Gasteiger partial charge in [0.2, 0.25) is 5.91 Å². The van der Waals surface area contributed by atoms with Crippen LogP contribution in [-0.2, 0) is 17.6 Å². The monoisotopic (exact) mass is 354 g/mol. The van der Waals surface area contributed by atoms with E-state index in [1.165, 1.54) is 16.9 Å². The Morgan fingerprint density at radius 2 is 2.12 bits per heavy atom. The average molecular weight is 354 g/mol. The number of thiophene rings is 1. The van der Waals surface area contributed by atoms with Gasteiger partial charge in [0.05, 0.1) is 16.3 Å². The van der Waals surface area contributed by atoms with Crippen LogP contribution in [0.25, 0.3) is 0 Å². The van der Waals surface area contributed by atoms with E-state index < -0.39 is 0 Å². The molecule has 1 aliphatic carbocycles. The number of fused-ring (bicyclic) bond motifs is 1. The standard InChI is InChI=1S/C20H22N2O2S/c1-13-8-9-17-14(11-13)12-18(25-17)20(24)21-15-5-2-3-6-16(15)22-10-4-7-19(22)23/h2-3,5-6,12-13H,4,7-11H2,1H3,(H,21,24). The minimum absolute atomic E-state index is 0.0776. The first-order valence-electron chi connectivity index (χ1n) is 8.94. The Morgan fingerprint density at radius 1 is 1.28 bits per heavy atom. The zero-order valence-corrected chi connectivity index (χ0v) is 15.2. The molecule has 0 radical (unpaired) electrons. The van der Waals surface area contributed by atoms with Crippen molar-refractivity contribution in [2.24, 2.45) is 5.92 Å². The molecule has 0 saturated carbocycles. The Hall–Kier alpha value is -2.14. The molecule has 25 heavy (non-hydrogen) atoms. The predicted octanol–water partition coefficient (Wildman–Crippen LogP) is 4.25. The van der Waals surface area contributed by atoms with Crippen LogP contribution < -0.4 is 10.2 Å². The van der Waals surface area contributed by atoms with Gasteiger partial charge in [-0.2, -0.15) is 0 Å². The summed E-state index contributed by atoms with van der Waals surface area (Å²) in [4.78, 5) is 28.7. The SMILES string of the molecule is CC1CCc2sc(C(=O)Nc3ccccc3N3CCCC3=O)cc2C1. The molecule has 0 bridgehead atoms. The number of anilines is 2. The number of nitrogens with zero attached hydrogens (tertiary/aromatic N) is 1. The third-order valence-corrected chi connectivity index (χ3v) is 6.31. The fraction of sp³-hybridized carbons (Fsp3) is 0.400. The van der Waals surface area contributed by atoms with Crippen molar-refractivity contribution in [1.82, 2.24) is 0 Å². The van der Waals surface area contributed by atoms with Crippen LogP contribution in [0.2, 0.25) is 0 Å². The highest BCUT2D eigenvalue weighted by atomic mass is 32.1. The quantitative estimate of drug-likeness (QED) is 0.896. The lowest BCUT2D eigenvalue weighted by Gasteiger charge is -2.19. The van der Waals surface area contributed by atoms with Gasteiger partial charge in [0, 0.05) is 17.8 Å². The first kappa shape index (κ1) is 16.3. The molecule has 2 heterocycles. The van der Waals surface area contributed by atoms with Gasteiger partial charge in [-0.1, -0.05) is 19.1 Å². The maximum absolute atomic E-state index is 12.8. The highest BCUT2D eigenvalue weighted by molar-refractivity contribution is 7.14. The van der Waals surface area contributed by atoms with Gasteiger partial charge in [0.15, 0.2) is 0 Å². The molecular weight excluding hydrogens is 332 g/mol. The Kier molecular flexibility index (Phi) is 4.34. The average Bonchev–Trinajstić information content (AvgIpc) is 3.21. The zero-order valence-electron chi connectivity index (χ0n) is 14.4. The fourth-order valence-electron chi connectivity index (χ4n) is 3.72. The first-order valence-corrected chi connectivity index (χ1v) is 9.76. The molecule has 1 saturated heterocycles. The van der Waals surface area contributed by atoms with E-state index in [0.29, 0.717) is 18.0 Å². The molecule has 4 nitrogen and oxygen atoms in total. The molecule has 1 aliphatic heterocycles. The summed E-state index contributed by atoms with van der Waals surface area (Å²) in [5.74, 6) is 0.744. The second-order valence-electron chi connectivity index (χ2n) is 7.03. The Bertz CT molecular complexity index is 827. The minimum atomic E-state index is -0.0776. The Labute approximate surface area is 151 Å². The third-order valence-electron chi connectivity index (χ3n) is 5.07. The lowest BCUT2D eigenvalue weighted by atomic mass is 9.90. The van der Waals surface area contributed by atoms with E-state index in [0.717, 1.165) is 36.4 Å². The molecule has 1 fully saturated rings.